The van der Waals surface area contributed by atoms with Crippen LogP contribution in [0.25, 0.3) is 0 Å². The quantitative estimate of drug-likeness (QED) is 0.673. The zero-order chi connectivity index (χ0) is 12.8. The third-order valence-corrected chi connectivity index (χ3v) is 3.76. The molecule has 0 radical (unpaired) electrons. The molecule has 0 N–H and O–H groups in total. The van der Waals surface area contributed by atoms with E-state index in [4.69, 9.17) is 0 Å². The Morgan fingerprint density at radius 3 is 2.78 bits per heavy atom. The number of benzene rings is 1. The van der Waals surface area contributed by atoms with Gasteiger partial charge in [-0.2, -0.15) is 5.26 Å². The maximum Gasteiger partial charge on any atom is 0.0699 e. The van der Waals surface area contributed by atoms with Gasteiger partial charge in [0.15, 0.2) is 0 Å². The first-order valence-corrected chi connectivity index (χ1v) is 6.69. The van der Waals surface area contributed by atoms with Gasteiger partial charge in [0.25, 0.3) is 0 Å². The molecule has 1 aromatic carbocycles. The largest absolute Gasteiger partial charge is 0.198 e. The van der Waals surface area contributed by atoms with Crippen LogP contribution in [-0.2, 0) is 0 Å². The molecule has 2 atom stereocenters. The Labute approximate surface area is 110 Å². The second-order valence-electron chi connectivity index (χ2n) is 5.44. The van der Waals surface area contributed by atoms with E-state index in [-0.39, 0.29) is 5.41 Å². The minimum absolute atomic E-state index is 0.195. The Kier molecular flexibility index (Phi) is 4.06. The molecule has 1 saturated carbocycles. The van der Waals surface area contributed by atoms with Gasteiger partial charge in [0, 0.05) is 12.0 Å². The minimum atomic E-state index is -0.195. The summed E-state index contributed by atoms with van der Waals surface area (Å²) in [6.07, 6.45) is 5.16. The van der Waals surface area contributed by atoms with E-state index in [2.05, 4.69) is 24.8 Å². The number of rotatable bonds is 1. The van der Waals surface area contributed by atoms with Gasteiger partial charge in [-0.1, -0.05) is 49.8 Å². The molecule has 1 aliphatic rings. The van der Waals surface area contributed by atoms with Crippen LogP contribution in [0.2, 0.25) is 0 Å². The summed E-state index contributed by atoms with van der Waals surface area (Å²) >= 11 is 0. The summed E-state index contributed by atoms with van der Waals surface area (Å²) in [5.74, 6) is 7.04. The third kappa shape index (κ3) is 3.14. The van der Waals surface area contributed by atoms with E-state index in [0.29, 0.717) is 12.3 Å². The highest BCUT2D eigenvalue weighted by Crippen LogP contribution is 2.41. The Morgan fingerprint density at radius 1 is 1.33 bits per heavy atom. The van der Waals surface area contributed by atoms with Gasteiger partial charge in [0.1, 0.15) is 0 Å². The van der Waals surface area contributed by atoms with E-state index >= 15 is 0 Å². The molecule has 0 aromatic heterocycles. The van der Waals surface area contributed by atoms with Gasteiger partial charge in [0.2, 0.25) is 0 Å². The highest BCUT2D eigenvalue weighted by molar-refractivity contribution is 5.34. The van der Waals surface area contributed by atoms with Crippen LogP contribution in [0.5, 0.6) is 0 Å². The predicted molar refractivity (Wildman–Crippen MR) is 73.6 cm³/mol. The molecule has 1 aliphatic carbocycles. The van der Waals surface area contributed by atoms with Crippen LogP contribution < -0.4 is 0 Å². The zero-order valence-electron chi connectivity index (χ0n) is 10.9. The lowest BCUT2D eigenvalue weighted by Gasteiger charge is -2.32. The number of hydrogen-bond acceptors (Lipinski definition) is 1. The fourth-order valence-corrected chi connectivity index (χ4v) is 2.80. The predicted octanol–water partition coefficient (Wildman–Crippen LogP) is 4.15. The molecule has 0 bridgehead atoms. The summed E-state index contributed by atoms with van der Waals surface area (Å²) < 4.78 is 0. The second kappa shape index (κ2) is 5.74. The van der Waals surface area contributed by atoms with Crippen LogP contribution in [0, 0.1) is 34.5 Å². The molecule has 0 aliphatic heterocycles. The van der Waals surface area contributed by atoms with Crippen LogP contribution >= 0.6 is 0 Å². The van der Waals surface area contributed by atoms with Crippen molar-refractivity contribution in [1.82, 2.24) is 0 Å². The topological polar surface area (TPSA) is 23.8 Å². The average molecular weight is 237 g/mol. The molecule has 2 rings (SSSR count). The first kappa shape index (κ1) is 12.7. The molecule has 0 saturated heterocycles. The summed E-state index contributed by atoms with van der Waals surface area (Å²) in [5.41, 5.74) is 0.842. The van der Waals surface area contributed by atoms with Crippen molar-refractivity contribution in [3.63, 3.8) is 0 Å². The minimum Gasteiger partial charge on any atom is -0.198 e. The van der Waals surface area contributed by atoms with Crippen molar-refractivity contribution in [2.75, 3.05) is 0 Å². The summed E-state index contributed by atoms with van der Waals surface area (Å²) in [6.45, 7) is 2.25. The molecule has 2 unspecified atom stereocenters. The maximum atomic E-state index is 9.44. The maximum absolute atomic E-state index is 9.44. The fourth-order valence-electron chi connectivity index (χ4n) is 2.80. The van der Waals surface area contributed by atoms with Gasteiger partial charge in [0.05, 0.1) is 11.5 Å². The van der Waals surface area contributed by atoms with Crippen molar-refractivity contribution < 1.29 is 0 Å². The van der Waals surface area contributed by atoms with E-state index < -0.39 is 0 Å². The summed E-state index contributed by atoms with van der Waals surface area (Å²) in [4.78, 5) is 0. The second-order valence-corrected chi connectivity index (χ2v) is 5.44. The smallest absolute Gasteiger partial charge is 0.0699 e. The normalized spacial score (nSPS) is 26.8. The van der Waals surface area contributed by atoms with Gasteiger partial charge >= 0.3 is 0 Å². The van der Waals surface area contributed by atoms with E-state index in [9.17, 15) is 5.26 Å². The Balaban J connectivity index is 2.04. The van der Waals surface area contributed by atoms with E-state index in [1.807, 2.05) is 30.3 Å². The van der Waals surface area contributed by atoms with Gasteiger partial charge in [-0.25, -0.2) is 0 Å². The molecule has 0 heterocycles. The van der Waals surface area contributed by atoms with E-state index in [1.165, 1.54) is 12.8 Å². The Hall–Kier alpha value is -1.73. The molecule has 18 heavy (non-hydrogen) atoms. The van der Waals surface area contributed by atoms with Crippen LogP contribution in [0.1, 0.15) is 44.6 Å². The van der Waals surface area contributed by atoms with Gasteiger partial charge in [-0.05, 0) is 30.9 Å². The number of nitriles is 1. The average Bonchev–Trinajstić information content (AvgIpc) is 2.40. The molecule has 92 valence electrons. The number of nitrogens with zero attached hydrogens (tertiary/aromatic N) is 1. The highest BCUT2D eigenvalue weighted by atomic mass is 14.4. The monoisotopic (exact) mass is 237 g/mol. The lowest BCUT2D eigenvalue weighted by atomic mass is 9.69. The van der Waals surface area contributed by atoms with Crippen molar-refractivity contribution in [3.05, 3.63) is 35.9 Å². The van der Waals surface area contributed by atoms with Crippen LogP contribution in [0.4, 0.5) is 0 Å². The zero-order valence-corrected chi connectivity index (χ0v) is 10.9. The van der Waals surface area contributed by atoms with Gasteiger partial charge < -0.3 is 0 Å². The van der Waals surface area contributed by atoms with Gasteiger partial charge in [-0.3, -0.25) is 0 Å². The fraction of sp³-hybridized carbons (Fsp3) is 0.471. The van der Waals surface area contributed by atoms with Crippen molar-refractivity contribution in [3.8, 4) is 17.9 Å². The first-order chi connectivity index (χ1) is 8.74. The third-order valence-electron chi connectivity index (χ3n) is 3.76. The van der Waals surface area contributed by atoms with Crippen LogP contribution in [0.3, 0.4) is 0 Å². The summed E-state index contributed by atoms with van der Waals surface area (Å²) in [5, 5.41) is 9.44. The SMILES string of the molecule is CC1CCCC(C#N)(CC#Cc2ccccc2)C1. The molecule has 1 nitrogen and oxygen atoms in total. The molecular formula is C17H19N. The van der Waals surface area contributed by atoms with Gasteiger partial charge in [-0.15, -0.1) is 0 Å². The summed E-state index contributed by atoms with van der Waals surface area (Å²) in [6, 6.07) is 12.5. The standard InChI is InChI=1S/C17H19N/c1-15-7-5-11-17(13-15,14-18)12-6-10-16-8-3-2-4-9-16/h2-4,8-9,15H,5,7,11-13H2,1H3. The lowest BCUT2D eigenvalue weighted by Crippen LogP contribution is -2.25. The first-order valence-electron chi connectivity index (χ1n) is 6.69. The lowest BCUT2D eigenvalue weighted by molar-refractivity contribution is 0.216. The molecular weight excluding hydrogens is 218 g/mol. The Bertz CT molecular complexity index is 486. The molecule has 1 heteroatoms. The molecule has 1 aromatic rings. The number of hydrogen-bond donors (Lipinski definition) is 0. The van der Waals surface area contributed by atoms with Crippen LogP contribution in [0.15, 0.2) is 30.3 Å². The van der Waals surface area contributed by atoms with Crippen LogP contribution in [-0.4, -0.2) is 0 Å². The molecule has 1 fully saturated rings. The van der Waals surface area contributed by atoms with Crippen molar-refractivity contribution >= 4 is 0 Å². The Morgan fingerprint density at radius 2 is 2.11 bits per heavy atom. The van der Waals surface area contributed by atoms with Crippen molar-refractivity contribution in [2.45, 2.75) is 39.0 Å². The highest BCUT2D eigenvalue weighted by Gasteiger charge is 2.34. The molecule has 0 spiro atoms. The van der Waals surface area contributed by atoms with E-state index in [1.54, 1.807) is 0 Å². The van der Waals surface area contributed by atoms with Crippen molar-refractivity contribution in [1.29, 1.82) is 5.26 Å². The van der Waals surface area contributed by atoms with E-state index in [0.717, 1.165) is 18.4 Å². The molecule has 0 amide bonds. The van der Waals surface area contributed by atoms with Crippen molar-refractivity contribution in [2.24, 2.45) is 11.3 Å². The summed E-state index contributed by atoms with van der Waals surface area (Å²) in [7, 11) is 0.